The fraction of sp³-hybridized carbons (Fsp3) is 0.486. The van der Waals surface area contributed by atoms with E-state index >= 15 is 0 Å². The molecule has 2 aromatic carbocycles. The molecule has 0 fully saturated rings. The average molecular weight is 603 g/mol. The molecule has 238 valence electrons. The van der Waals surface area contributed by atoms with Crippen molar-refractivity contribution in [1.82, 2.24) is 10.3 Å². The largest absolute Gasteiger partial charge is 0.478 e. The van der Waals surface area contributed by atoms with Crippen molar-refractivity contribution >= 4 is 28.5 Å². The molecule has 0 amide bonds. The number of carbonyl (C=O) groups is 1. The molecule has 4 atom stereocenters. The van der Waals surface area contributed by atoms with Crippen molar-refractivity contribution in [3.63, 3.8) is 0 Å². The maximum atomic E-state index is 12.0. The smallest absolute Gasteiger partial charge is 0.328 e. The number of carboxylic acids is 1. The number of H-pyrrole nitrogens is 1. The number of unbranched alkanes of at least 4 members (excludes halogenated alkanes) is 3. The summed E-state index contributed by atoms with van der Waals surface area (Å²) in [6.45, 7) is 0.813. The van der Waals surface area contributed by atoms with Crippen LogP contribution in [0.4, 0.5) is 5.82 Å². The molecule has 0 bridgehead atoms. The number of aromatic nitrogens is 1. The van der Waals surface area contributed by atoms with Gasteiger partial charge in [0.05, 0.1) is 12.1 Å². The van der Waals surface area contributed by atoms with Crippen LogP contribution < -0.4 is 22.1 Å². The first kappa shape index (κ1) is 33.1. The maximum Gasteiger partial charge on any atom is 0.328 e. The Bertz CT molecular complexity index is 1360. The van der Waals surface area contributed by atoms with Gasteiger partial charge in [0.2, 0.25) is 0 Å². The second kappa shape index (κ2) is 17.5. The zero-order valence-corrected chi connectivity index (χ0v) is 25.8. The fourth-order valence-electron chi connectivity index (χ4n) is 6.33. The molecule has 3 aromatic rings. The minimum absolute atomic E-state index is 0.179. The molecule has 0 saturated carbocycles. The second-order valence-corrected chi connectivity index (χ2v) is 12.0. The molecule has 2 heterocycles. The minimum Gasteiger partial charge on any atom is -0.478 e. The van der Waals surface area contributed by atoms with Crippen LogP contribution in [0.1, 0.15) is 82.1 Å². The van der Waals surface area contributed by atoms with E-state index in [0.717, 1.165) is 75.6 Å². The van der Waals surface area contributed by atoms with Gasteiger partial charge in [-0.15, -0.1) is 0 Å². The van der Waals surface area contributed by atoms with Crippen LogP contribution in [-0.2, 0) is 4.79 Å². The summed E-state index contributed by atoms with van der Waals surface area (Å²) in [6.07, 6.45) is 13.6. The van der Waals surface area contributed by atoms with Gasteiger partial charge in [-0.2, -0.15) is 0 Å². The Hall–Kier alpha value is -3.82. The van der Waals surface area contributed by atoms with Crippen molar-refractivity contribution < 1.29 is 15.0 Å². The lowest BCUT2D eigenvalue weighted by Gasteiger charge is -2.32. The third kappa shape index (κ3) is 10.4. The summed E-state index contributed by atoms with van der Waals surface area (Å²) in [4.78, 5) is 19.5. The summed E-state index contributed by atoms with van der Waals surface area (Å²) in [5.41, 5.74) is 14.6. The second-order valence-electron chi connectivity index (χ2n) is 12.0. The third-order valence-corrected chi connectivity index (χ3v) is 8.70. The lowest BCUT2D eigenvalue weighted by molar-refractivity contribution is -0.131. The highest BCUT2D eigenvalue weighted by atomic mass is 16.4. The van der Waals surface area contributed by atoms with Gasteiger partial charge in [0.15, 0.2) is 5.96 Å². The van der Waals surface area contributed by atoms with Gasteiger partial charge in [-0.25, -0.2) is 4.79 Å². The van der Waals surface area contributed by atoms with Crippen molar-refractivity contribution in [3.05, 3.63) is 78.0 Å². The summed E-state index contributed by atoms with van der Waals surface area (Å²) >= 11 is 0. The number of rotatable bonds is 19. The standard InChI is InChI=1S/C35H50N6O3/c36-29(12-3-1-2-6-22-42)13-7-11-26(28-16-15-25-9-4-5-10-27(25)23-28)17-18-31(40-33-14-8-20-38-33)30(24-34(43)44)32-19-21-39-35(37)41-32/h4-5,8-10,14-16,20,23-24,26,29,31-32,38,40,42H,1-3,6-7,11-13,17-19,21-22,36H2,(H,43,44)(H3,37,39,41). The van der Waals surface area contributed by atoms with E-state index in [0.29, 0.717) is 24.8 Å². The number of nitrogens with two attached hydrogens (primary N) is 2. The number of aromatic amines is 1. The highest BCUT2D eigenvalue weighted by Gasteiger charge is 2.27. The predicted molar refractivity (Wildman–Crippen MR) is 180 cm³/mol. The van der Waals surface area contributed by atoms with E-state index in [1.165, 1.54) is 22.4 Å². The SMILES string of the molecule is NC1=NCCC(C(=CC(=O)O)C(CCC(CCCC(N)CCCCCCO)c2ccc3ccccc3c2)Nc2ccc[nH]2)N1. The van der Waals surface area contributed by atoms with Gasteiger partial charge >= 0.3 is 5.97 Å². The molecule has 9 N–H and O–H groups in total. The zero-order valence-electron chi connectivity index (χ0n) is 25.8. The molecule has 0 saturated heterocycles. The normalized spacial score (nSPS) is 17.5. The summed E-state index contributed by atoms with van der Waals surface area (Å²) < 4.78 is 0. The number of benzene rings is 2. The highest BCUT2D eigenvalue weighted by Crippen LogP contribution is 2.33. The number of anilines is 1. The van der Waals surface area contributed by atoms with Gasteiger partial charge in [0, 0.05) is 31.5 Å². The van der Waals surface area contributed by atoms with Crippen LogP contribution in [-0.4, -0.2) is 58.4 Å². The van der Waals surface area contributed by atoms with Gasteiger partial charge in [-0.05, 0) is 84.9 Å². The average Bonchev–Trinajstić information content (AvgIpc) is 3.54. The van der Waals surface area contributed by atoms with E-state index < -0.39 is 5.97 Å². The summed E-state index contributed by atoms with van der Waals surface area (Å²) in [6, 6.07) is 18.8. The molecule has 1 aliphatic heterocycles. The number of hydrogen-bond acceptors (Lipinski definition) is 7. The van der Waals surface area contributed by atoms with Crippen molar-refractivity contribution in [2.24, 2.45) is 16.5 Å². The van der Waals surface area contributed by atoms with Gasteiger partial charge in [-0.3, -0.25) is 4.99 Å². The van der Waals surface area contributed by atoms with Crippen molar-refractivity contribution in [3.8, 4) is 0 Å². The zero-order chi connectivity index (χ0) is 31.1. The molecule has 0 spiro atoms. The topological polar surface area (TPSA) is 162 Å². The number of carboxylic acid groups (broad SMARTS) is 1. The molecule has 0 radical (unpaired) electrons. The number of aliphatic imine (C=N–C) groups is 1. The Morgan fingerprint density at radius 2 is 1.77 bits per heavy atom. The number of nitrogens with zero attached hydrogens (tertiary/aromatic N) is 1. The number of hydrogen-bond donors (Lipinski definition) is 7. The monoisotopic (exact) mass is 602 g/mol. The molecule has 1 aliphatic rings. The molecule has 44 heavy (non-hydrogen) atoms. The lowest BCUT2D eigenvalue weighted by atomic mass is 9.84. The molecular weight excluding hydrogens is 552 g/mol. The fourth-order valence-corrected chi connectivity index (χ4v) is 6.33. The highest BCUT2D eigenvalue weighted by molar-refractivity contribution is 5.84. The first-order chi connectivity index (χ1) is 21.4. The van der Waals surface area contributed by atoms with Crippen LogP contribution in [0, 0.1) is 0 Å². The molecule has 1 aromatic heterocycles. The number of fused-ring (bicyclic) bond motifs is 1. The Balaban J connectivity index is 1.51. The summed E-state index contributed by atoms with van der Waals surface area (Å²) in [5.74, 6) is 0.504. The number of guanidine groups is 1. The van der Waals surface area contributed by atoms with Crippen LogP contribution in [0.25, 0.3) is 10.8 Å². The Labute approximate surface area is 261 Å². The Morgan fingerprint density at radius 3 is 2.52 bits per heavy atom. The van der Waals surface area contributed by atoms with Crippen LogP contribution in [0.3, 0.4) is 0 Å². The minimum atomic E-state index is -0.974. The molecule has 9 heteroatoms. The van der Waals surface area contributed by atoms with E-state index in [4.69, 9.17) is 16.6 Å². The number of aliphatic carboxylic acids is 1. The molecular formula is C35H50N6O3. The third-order valence-electron chi connectivity index (χ3n) is 8.70. The van der Waals surface area contributed by atoms with Crippen molar-refractivity contribution in [2.45, 2.75) is 94.7 Å². The quantitative estimate of drug-likeness (QED) is 0.0690. The number of aliphatic hydroxyl groups is 1. The van der Waals surface area contributed by atoms with Crippen LogP contribution in [0.2, 0.25) is 0 Å². The first-order valence-corrected chi connectivity index (χ1v) is 16.2. The van der Waals surface area contributed by atoms with Crippen molar-refractivity contribution in [2.75, 3.05) is 18.5 Å². The number of aliphatic hydroxyl groups excluding tert-OH is 1. The van der Waals surface area contributed by atoms with Crippen LogP contribution >= 0.6 is 0 Å². The summed E-state index contributed by atoms with van der Waals surface area (Å²) in [5, 5.41) is 28.1. The van der Waals surface area contributed by atoms with Crippen LogP contribution in [0.5, 0.6) is 0 Å². The van der Waals surface area contributed by atoms with Gasteiger partial charge in [0.25, 0.3) is 0 Å². The van der Waals surface area contributed by atoms with E-state index in [-0.39, 0.29) is 24.7 Å². The number of nitrogens with one attached hydrogen (secondary N) is 3. The van der Waals surface area contributed by atoms with Crippen molar-refractivity contribution in [1.29, 1.82) is 0 Å². The molecule has 9 nitrogen and oxygen atoms in total. The predicted octanol–water partition coefficient (Wildman–Crippen LogP) is 5.64. The Morgan fingerprint density at radius 1 is 0.977 bits per heavy atom. The Kier molecular flexibility index (Phi) is 13.1. The van der Waals surface area contributed by atoms with Gasteiger partial charge in [-0.1, -0.05) is 68.1 Å². The van der Waals surface area contributed by atoms with E-state index in [1.54, 1.807) is 0 Å². The maximum absolute atomic E-state index is 12.0. The molecule has 4 rings (SSSR count). The molecule has 4 unspecified atom stereocenters. The van der Waals surface area contributed by atoms with E-state index in [9.17, 15) is 9.90 Å². The van der Waals surface area contributed by atoms with Gasteiger partial charge < -0.3 is 37.3 Å². The van der Waals surface area contributed by atoms with E-state index in [2.05, 4.69) is 63.1 Å². The van der Waals surface area contributed by atoms with E-state index in [1.807, 2.05) is 18.3 Å². The van der Waals surface area contributed by atoms with Crippen LogP contribution in [0.15, 0.2) is 77.4 Å². The summed E-state index contributed by atoms with van der Waals surface area (Å²) in [7, 11) is 0. The first-order valence-electron chi connectivity index (χ1n) is 16.2. The lowest BCUT2D eigenvalue weighted by Crippen LogP contribution is -2.48. The molecule has 0 aliphatic carbocycles. The van der Waals surface area contributed by atoms with Gasteiger partial charge in [0.1, 0.15) is 5.82 Å².